The van der Waals surface area contributed by atoms with Gasteiger partial charge in [-0.25, -0.2) is 0 Å². The van der Waals surface area contributed by atoms with E-state index < -0.39 is 0 Å². The zero-order valence-corrected chi connectivity index (χ0v) is 11.9. The number of halogens is 1. The number of ether oxygens (including phenoxy) is 2. The fraction of sp³-hybridized carbons (Fsp3) is 0.571. The largest absolute Gasteiger partial charge is 0.492 e. The van der Waals surface area contributed by atoms with Gasteiger partial charge in [0.15, 0.2) is 0 Å². The molecule has 1 N–H and O–H groups in total. The average molecular weight is 272 g/mol. The second kappa shape index (κ2) is 9.20. The van der Waals surface area contributed by atoms with E-state index in [9.17, 15) is 0 Å². The highest BCUT2D eigenvalue weighted by Gasteiger charge is 2.01. The molecule has 1 aromatic carbocycles. The first-order valence-corrected chi connectivity index (χ1v) is 6.70. The van der Waals surface area contributed by atoms with Crippen molar-refractivity contribution in [1.29, 1.82) is 0 Å². The summed E-state index contributed by atoms with van der Waals surface area (Å²) in [7, 11) is 1.71. The highest BCUT2D eigenvalue weighted by molar-refractivity contribution is 6.32. The van der Waals surface area contributed by atoms with E-state index in [-0.39, 0.29) is 0 Å². The van der Waals surface area contributed by atoms with Gasteiger partial charge in [0.2, 0.25) is 0 Å². The van der Waals surface area contributed by atoms with Gasteiger partial charge in [-0.2, -0.15) is 0 Å². The maximum Gasteiger partial charge on any atom is 0.138 e. The Labute approximate surface area is 114 Å². The van der Waals surface area contributed by atoms with Gasteiger partial charge >= 0.3 is 0 Å². The Bertz CT molecular complexity index is 345. The monoisotopic (exact) mass is 271 g/mol. The maximum absolute atomic E-state index is 6.04. The van der Waals surface area contributed by atoms with E-state index in [2.05, 4.69) is 5.32 Å². The second-order valence-electron chi connectivity index (χ2n) is 4.23. The second-order valence-corrected chi connectivity index (χ2v) is 4.64. The summed E-state index contributed by atoms with van der Waals surface area (Å²) in [5.74, 6) is 0.781. The quantitative estimate of drug-likeness (QED) is 0.701. The molecule has 0 bridgehead atoms. The van der Waals surface area contributed by atoms with E-state index in [1.165, 1.54) is 0 Å². The summed E-state index contributed by atoms with van der Waals surface area (Å²) in [6.45, 7) is 5.39. The lowest BCUT2D eigenvalue weighted by Crippen LogP contribution is -2.20. The zero-order chi connectivity index (χ0) is 13.2. The number of rotatable bonds is 9. The predicted molar refractivity (Wildman–Crippen MR) is 75.7 cm³/mol. The van der Waals surface area contributed by atoms with E-state index in [0.717, 1.165) is 43.9 Å². The van der Waals surface area contributed by atoms with Crippen molar-refractivity contribution in [3.8, 4) is 5.75 Å². The number of nitrogens with one attached hydrogen (secondary N) is 1. The fourth-order valence-electron chi connectivity index (χ4n) is 1.55. The highest BCUT2D eigenvalue weighted by Crippen LogP contribution is 2.25. The van der Waals surface area contributed by atoms with Crippen LogP contribution in [0, 0.1) is 6.92 Å². The third-order valence-corrected chi connectivity index (χ3v) is 2.89. The molecule has 102 valence electrons. The van der Waals surface area contributed by atoms with Crippen LogP contribution in [0.5, 0.6) is 5.75 Å². The number of aryl methyl sites for hydroxylation is 1. The number of hydrogen-bond donors (Lipinski definition) is 1. The lowest BCUT2D eigenvalue weighted by atomic mass is 10.2. The van der Waals surface area contributed by atoms with Crippen LogP contribution in [0.3, 0.4) is 0 Å². The first-order valence-electron chi connectivity index (χ1n) is 6.32. The van der Waals surface area contributed by atoms with Crippen molar-refractivity contribution < 1.29 is 9.47 Å². The minimum absolute atomic E-state index is 0.679. The maximum atomic E-state index is 6.04. The minimum Gasteiger partial charge on any atom is -0.492 e. The van der Waals surface area contributed by atoms with Gasteiger partial charge in [-0.15, -0.1) is 0 Å². The van der Waals surface area contributed by atoms with Crippen LogP contribution < -0.4 is 10.1 Å². The van der Waals surface area contributed by atoms with E-state index in [1.54, 1.807) is 7.11 Å². The first kappa shape index (κ1) is 15.3. The van der Waals surface area contributed by atoms with Crippen LogP contribution in [-0.2, 0) is 4.74 Å². The van der Waals surface area contributed by atoms with Gasteiger partial charge in [-0.1, -0.05) is 17.7 Å². The number of benzene rings is 1. The smallest absolute Gasteiger partial charge is 0.138 e. The predicted octanol–water partition coefficient (Wildman–Crippen LogP) is 3.04. The van der Waals surface area contributed by atoms with Crippen molar-refractivity contribution in [2.24, 2.45) is 0 Å². The molecule has 0 aliphatic carbocycles. The molecule has 18 heavy (non-hydrogen) atoms. The van der Waals surface area contributed by atoms with Crippen LogP contribution >= 0.6 is 11.6 Å². The molecular weight excluding hydrogens is 250 g/mol. The van der Waals surface area contributed by atoms with Crippen LogP contribution in [0.25, 0.3) is 0 Å². The summed E-state index contributed by atoms with van der Waals surface area (Å²) in [5, 5.41) is 3.98. The lowest BCUT2D eigenvalue weighted by Gasteiger charge is -2.09. The van der Waals surface area contributed by atoms with Crippen molar-refractivity contribution in [1.82, 2.24) is 5.32 Å². The molecule has 3 nitrogen and oxygen atoms in total. The van der Waals surface area contributed by atoms with E-state index in [4.69, 9.17) is 21.1 Å². The number of unbranched alkanes of at least 4 members (excludes halogenated alkanes) is 1. The number of hydrogen-bond acceptors (Lipinski definition) is 3. The summed E-state index contributed by atoms with van der Waals surface area (Å²) >= 11 is 6.04. The van der Waals surface area contributed by atoms with Crippen molar-refractivity contribution >= 4 is 11.6 Å². The van der Waals surface area contributed by atoms with Gasteiger partial charge in [0.1, 0.15) is 5.75 Å². The van der Waals surface area contributed by atoms with Crippen LogP contribution in [0.4, 0.5) is 0 Å². The van der Waals surface area contributed by atoms with Gasteiger partial charge in [0.25, 0.3) is 0 Å². The summed E-state index contributed by atoms with van der Waals surface area (Å²) in [5.41, 5.74) is 1.16. The van der Waals surface area contributed by atoms with Crippen molar-refractivity contribution in [3.05, 3.63) is 28.8 Å². The normalized spacial score (nSPS) is 10.6. The summed E-state index contributed by atoms with van der Waals surface area (Å²) in [6, 6.07) is 5.83. The molecule has 0 saturated carbocycles. The molecule has 0 aromatic heterocycles. The number of methoxy groups -OCH3 is 1. The molecular formula is C14H22ClNO2. The SMILES string of the molecule is COCCNCCCCOc1cc(C)ccc1Cl. The molecule has 0 aliphatic heterocycles. The molecule has 0 aliphatic rings. The highest BCUT2D eigenvalue weighted by atomic mass is 35.5. The fourth-order valence-corrected chi connectivity index (χ4v) is 1.73. The van der Waals surface area contributed by atoms with Crippen LogP contribution in [0.2, 0.25) is 5.02 Å². The average Bonchev–Trinajstić information content (AvgIpc) is 2.36. The van der Waals surface area contributed by atoms with E-state index >= 15 is 0 Å². The standard InChI is InChI=1S/C14H22ClNO2/c1-12-5-6-13(15)14(11-12)18-9-4-3-7-16-8-10-17-2/h5-6,11,16H,3-4,7-10H2,1-2H3. The molecule has 0 saturated heterocycles. The van der Waals surface area contributed by atoms with Crippen molar-refractivity contribution in [2.75, 3.05) is 33.4 Å². The Balaban J connectivity index is 2.09. The summed E-state index contributed by atoms with van der Waals surface area (Å²) in [4.78, 5) is 0. The lowest BCUT2D eigenvalue weighted by molar-refractivity contribution is 0.199. The van der Waals surface area contributed by atoms with Gasteiger partial charge in [-0.3, -0.25) is 0 Å². The molecule has 0 radical (unpaired) electrons. The third-order valence-electron chi connectivity index (χ3n) is 2.58. The topological polar surface area (TPSA) is 30.5 Å². The minimum atomic E-state index is 0.679. The molecule has 1 aromatic rings. The molecule has 0 fully saturated rings. The van der Waals surface area contributed by atoms with E-state index in [0.29, 0.717) is 11.6 Å². The van der Waals surface area contributed by atoms with Crippen LogP contribution in [0.1, 0.15) is 18.4 Å². The molecule has 1 rings (SSSR count). The Kier molecular flexibility index (Phi) is 7.81. The Morgan fingerprint density at radius 2 is 2.00 bits per heavy atom. The zero-order valence-electron chi connectivity index (χ0n) is 11.2. The molecule has 0 heterocycles. The van der Waals surface area contributed by atoms with Gasteiger partial charge in [-0.05, 0) is 44.0 Å². The summed E-state index contributed by atoms with van der Waals surface area (Å²) in [6.07, 6.45) is 2.11. The molecule has 0 unspecified atom stereocenters. The first-order chi connectivity index (χ1) is 8.74. The van der Waals surface area contributed by atoms with Crippen molar-refractivity contribution in [2.45, 2.75) is 19.8 Å². The third kappa shape index (κ3) is 6.24. The van der Waals surface area contributed by atoms with Gasteiger partial charge in [0.05, 0.1) is 18.2 Å². The molecule has 0 spiro atoms. The Hall–Kier alpha value is -0.770. The van der Waals surface area contributed by atoms with Crippen LogP contribution in [0.15, 0.2) is 18.2 Å². The molecule has 0 atom stereocenters. The summed E-state index contributed by atoms with van der Waals surface area (Å²) < 4.78 is 10.6. The Morgan fingerprint density at radius 1 is 1.17 bits per heavy atom. The Morgan fingerprint density at radius 3 is 2.78 bits per heavy atom. The molecule has 0 amide bonds. The van der Waals surface area contributed by atoms with Gasteiger partial charge < -0.3 is 14.8 Å². The van der Waals surface area contributed by atoms with Gasteiger partial charge in [0, 0.05) is 13.7 Å². The van der Waals surface area contributed by atoms with Crippen molar-refractivity contribution in [3.63, 3.8) is 0 Å². The van der Waals surface area contributed by atoms with E-state index in [1.807, 2.05) is 25.1 Å². The van der Waals surface area contributed by atoms with Crippen LogP contribution in [-0.4, -0.2) is 33.4 Å². The molecule has 4 heteroatoms.